The van der Waals surface area contributed by atoms with Crippen LogP contribution in [0.4, 0.5) is 0 Å². The second kappa shape index (κ2) is 10.2. The van der Waals surface area contributed by atoms with Gasteiger partial charge in [-0.25, -0.2) is 0 Å². The summed E-state index contributed by atoms with van der Waals surface area (Å²) in [5.41, 5.74) is 6.65. The van der Waals surface area contributed by atoms with Gasteiger partial charge in [-0.3, -0.25) is 9.69 Å². The summed E-state index contributed by atoms with van der Waals surface area (Å²) in [6.45, 7) is 8.04. The molecule has 0 fully saturated rings. The van der Waals surface area contributed by atoms with Crippen LogP contribution in [0.3, 0.4) is 0 Å². The molecule has 3 N–H and O–H groups in total. The topological polar surface area (TPSA) is 67.6 Å². The first kappa shape index (κ1) is 17.5. The Kier molecular flexibility index (Phi) is 8.47. The molecule has 0 aliphatic rings. The monoisotopic (exact) mass is 293 g/mol. The molecule has 1 rings (SSSR count). The van der Waals surface area contributed by atoms with Gasteiger partial charge in [0.1, 0.15) is 5.75 Å². The Balaban J connectivity index is 2.23. The largest absolute Gasteiger partial charge is 0.494 e. The second-order valence-electron chi connectivity index (χ2n) is 4.87. The third-order valence-corrected chi connectivity index (χ3v) is 3.23. The average Bonchev–Trinajstić information content (AvgIpc) is 2.51. The summed E-state index contributed by atoms with van der Waals surface area (Å²) >= 11 is 0. The molecule has 0 radical (unpaired) electrons. The number of hydrogen-bond donors (Lipinski definition) is 2. The molecule has 1 amide bonds. The molecule has 0 heterocycles. The van der Waals surface area contributed by atoms with Gasteiger partial charge >= 0.3 is 0 Å². The smallest absolute Gasteiger partial charge is 0.234 e. The minimum absolute atomic E-state index is 0.0811. The molecule has 1 aromatic carbocycles. The number of amides is 1. The normalized spacial score (nSPS) is 10.7. The van der Waals surface area contributed by atoms with E-state index in [4.69, 9.17) is 10.5 Å². The summed E-state index contributed by atoms with van der Waals surface area (Å²) in [5, 5.41) is 2.82. The lowest BCUT2D eigenvalue weighted by molar-refractivity contribution is -0.122. The molecule has 5 heteroatoms. The maximum Gasteiger partial charge on any atom is 0.234 e. The number of nitrogens with two attached hydrogens (primary N) is 1. The van der Waals surface area contributed by atoms with Crippen molar-refractivity contribution in [1.29, 1.82) is 0 Å². The third kappa shape index (κ3) is 7.11. The molecule has 21 heavy (non-hydrogen) atoms. The van der Waals surface area contributed by atoms with Crippen molar-refractivity contribution in [2.45, 2.75) is 26.8 Å². The molecular weight excluding hydrogens is 266 g/mol. The van der Waals surface area contributed by atoms with Crippen molar-refractivity contribution in [3.63, 3.8) is 0 Å². The SMILES string of the molecule is CCNC(=O)CN(CC)CCCOc1ccc(CN)cc1. The number of benzene rings is 1. The minimum Gasteiger partial charge on any atom is -0.494 e. The maximum atomic E-state index is 11.5. The molecule has 0 aliphatic heterocycles. The summed E-state index contributed by atoms with van der Waals surface area (Å²) in [4.78, 5) is 13.6. The van der Waals surface area contributed by atoms with Gasteiger partial charge in [0, 0.05) is 19.6 Å². The zero-order chi connectivity index (χ0) is 15.5. The van der Waals surface area contributed by atoms with Crippen LogP contribution in [0.1, 0.15) is 25.8 Å². The van der Waals surface area contributed by atoms with Gasteiger partial charge in [0.2, 0.25) is 5.91 Å². The molecule has 1 aromatic rings. The fourth-order valence-electron chi connectivity index (χ4n) is 2.01. The highest BCUT2D eigenvalue weighted by molar-refractivity contribution is 5.77. The van der Waals surface area contributed by atoms with Gasteiger partial charge < -0.3 is 15.8 Å². The minimum atomic E-state index is 0.0811. The molecule has 0 spiro atoms. The lowest BCUT2D eigenvalue weighted by Crippen LogP contribution is -2.37. The van der Waals surface area contributed by atoms with Crippen molar-refractivity contribution in [2.24, 2.45) is 5.73 Å². The van der Waals surface area contributed by atoms with Gasteiger partial charge in [-0.1, -0.05) is 19.1 Å². The van der Waals surface area contributed by atoms with Crippen molar-refractivity contribution >= 4 is 5.91 Å². The van der Waals surface area contributed by atoms with E-state index in [0.717, 1.165) is 30.8 Å². The van der Waals surface area contributed by atoms with Crippen LogP contribution in [0.2, 0.25) is 0 Å². The first-order chi connectivity index (χ1) is 10.2. The molecule has 0 aliphatic carbocycles. The van der Waals surface area contributed by atoms with Crippen LogP contribution in [0, 0.1) is 0 Å². The number of ether oxygens (including phenoxy) is 1. The Morgan fingerprint density at radius 1 is 1.29 bits per heavy atom. The van der Waals surface area contributed by atoms with Crippen LogP contribution in [0.25, 0.3) is 0 Å². The van der Waals surface area contributed by atoms with Gasteiger partial charge in [0.15, 0.2) is 0 Å². The highest BCUT2D eigenvalue weighted by atomic mass is 16.5. The summed E-state index contributed by atoms with van der Waals surface area (Å²) in [7, 11) is 0. The molecule has 118 valence electrons. The van der Waals surface area contributed by atoms with Crippen LogP contribution in [-0.2, 0) is 11.3 Å². The van der Waals surface area contributed by atoms with Crippen LogP contribution in [0.5, 0.6) is 5.75 Å². The Labute approximate surface area is 127 Å². The highest BCUT2D eigenvalue weighted by Crippen LogP contribution is 2.12. The van der Waals surface area contributed by atoms with Crippen molar-refractivity contribution in [2.75, 3.05) is 32.8 Å². The predicted molar refractivity (Wildman–Crippen MR) is 85.2 cm³/mol. The Bertz CT molecular complexity index is 406. The Morgan fingerprint density at radius 2 is 2.00 bits per heavy atom. The standard InChI is InChI=1S/C16H27N3O2/c1-3-18-16(20)13-19(4-2)10-5-11-21-15-8-6-14(12-17)7-9-15/h6-9H,3-5,10-13,17H2,1-2H3,(H,18,20). The molecule has 0 aromatic heterocycles. The van der Waals surface area contributed by atoms with E-state index in [2.05, 4.69) is 17.1 Å². The number of carbonyl (C=O) groups is 1. The molecule has 0 bridgehead atoms. The third-order valence-electron chi connectivity index (χ3n) is 3.23. The zero-order valence-electron chi connectivity index (χ0n) is 13.1. The number of nitrogens with zero attached hydrogens (tertiary/aromatic N) is 1. The lowest BCUT2D eigenvalue weighted by Gasteiger charge is -2.19. The number of likely N-dealkylation sites (N-methyl/N-ethyl adjacent to an activating group) is 2. The number of rotatable bonds is 10. The lowest BCUT2D eigenvalue weighted by atomic mass is 10.2. The first-order valence-corrected chi connectivity index (χ1v) is 7.60. The van der Waals surface area contributed by atoms with E-state index in [1.807, 2.05) is 31.2 Å². The fourth-order valence-corrected chi connectivity index (χ4v) is 2.01. The van der Waals surface area contributed by atoms with Crippen LogP contribution in [-0.4, -0.2) is 43.6 Å². The van der Waals surface area contributed by atoms with Gasteiger partial charge in [0.25, 0.3) is 0 Å². The van der Waals surface area contributed by atoms with E-state index in [1.165, 1.54) is 0 Å². The van der Waals surface area contributed by atoms with Crippen LogP contribution >= 0.6 is 0 Å². The van der Waals surface area contributed by atoms with E-state index >= 15 is 0 Å². The van der Waals surface area contributed by atoms with Gasteiger partial charge in [-0.05, 0) is 37.6 Å². The average molecular weight is 293 g/mol. The molecule has 0 saturated carbocycles. The zero-order valence-corrected chi connectivity index (χ0v) is 13.1. The quantitative estimate of drug-likeness (QED) is 0.639. The van der Waals surface area contributed by atoms with E-state index in [9.17, 15) is 4.79 Å². The molecule has 5 nitrogen and oxygen atoms in total. The van der Waals surface area contributed by atoms with Crippen LogP contribution in [0.15, 0.2) is 24.3 Å². The van der Waals surface area contributed by atoms with E-state index in [0.29, 0.717) is 26.2 Å². The number of carbonyl (C=O) groups excluding carboxylic acids is 1. The van der Waals surface area contributed by atoms with Gasteiger partial charge in [0.05, 0.1) is 13.2 Å². The molecule has 0 unspecified atom stereocenters. The summed E-state index contributed by atoms with van der Waals surface area (Å²) in [6, 6.07) is 7.83. The van der Waals surface area contributed by atoms with Crippen LogP contribution < -0.4 is 15.8 Å². The maximum absolute atomic E-state index is 11.5. The Morgan fingerprint density at radius 3 is 2.57 bits per heavy atom. The van der Waals surface area contributed by atoms with E-state index in [1.54, 1.807) is 0 Å². The predicted octanol–water partition coefficient (Wildman–Crippen LogP) is 1.37. The van der Waals surface area contributed by atoms with Crippen molar-refractivity contribution in [3.05, 3.63) is 29.8 Å². The first-order valence-electron chi connectivity index (χ1n) is 7.60. The fraction of sp³-hybridized carbons (Fsp3) is 0.562. The molecule has 0 saturated heterocycles. The van der Waals surface area contributed by atoms with Crippen molar-refractivity contribution < 1.29 is 9.53 Å². The van der Waals surface area contributed by atoms with E-state index in [-0.39, 0.29) is 5.91 Å². The summed E-state index contributed by atoms with van der Waals surface area (Å²) < 4.78 is 5.68. The number of nitrogens with one attached hydrogen (secondary N) is 1. The second-order valence-corrected chi connectivity index (χ2v) is 4.87. The summed E-state index contributed by atoms with van der Waals surface area (Å²) in [5.74, 6) is 0.941. The molecule has 0 atom stereocenters. The van der Waals surface area contributed by atoms with Gasteiger partial charge in [-0.15, -0.1) is 0 Å². The van der Waals surface area contributed by atoms with Gasteiger partial charge in [-0.2, -0.15) is 0 Å². The summed E-state index contributed by atoms with van der Waals surface area (Å²) in [6.07, 6.45) is 0.895. The van der Waals surface area contributed by atoms with Crippen molar-refractivity contribution in [3.8, 4) is 5.75 Å². The number of hydrogen-bond acceptors (Lipinski definition) is 4. The van der Waals surface area contributed by atoms with Crippen molar-refractivity contribution in [1.82, 2.24) is 10.2 Å². The Hall–Kier alpha value is -1.59. The molecular formula is C16H27N3O2. The highest BCUT2D eigenvalue weighted by Gasteiger charge is 2.07. The van der Waals surface area contributed by atoms with E-state index < -0.39 is 0 Å².